The average Bonchev–Trinajstić information content (AvgIpc) is 2.69. The molecule has 110 valence electrons. The van der Waals surface area contributed by atoms with Crippen LogP contribution in [0.3, 0.4) is 0 Å². The molecule has 0 aromatic carbocycles. The van der Waals surface area contributed by atoms with Gasteiger partial charge in [0.2, 0.25) is 0 Å². The van der Waals surface area contributed by atoms with Gasteiger partial charge in [-0.2, -0.15) is 0 Å². The predicted molar refractivity (Wildman–Crippen MR) is 84.1 cm³/mol. The van der Waals surface area contributed by atoms with Crippen LogP contribution in [-0.2, 0) is 0 Å². The fraction of sp³-hybridized carbons (Fsp3) is 0.765. The van der Waals surface area contributed by atoms with Crippen molar-refractivity contribution in [3.8, 4) is 0 Å². The maximum Gasteiger partial charge on any atom is 0.0938 e. The first-order valence-corrected chi connectivity index (χ1v) is 8.94. The van der Waals surface area contributed by atoms with Gasteiger partial charge in [-0.05, 0) is 67.4 Å². The molecule has 3 atom stereocenters. The number of halogens is 1. The van der Waals surface area contributed by atoms with Crippen molar-refractivity contribution in [2.45, 2.75) is 58.5 Å². The van der Waals surface area contributed by atoms with Crippen LogP contribution in [0.2, 0.25) is 4.34 Å². The van der Waals surface area contributed by atoms with Crippen LogP contribution in [-0.4, -0.2) is 5.11 Å². The first kappa shape index (κ1) is 13.6. The van der Waals surface area contributed by atoms with Crippen LogP contribution in [0.1, 0.15) is 63.4 Å². The summed E-state index contributed by atoms with van der Waals surface area (Å²) >= 11 is 7.63. The Balaban J connectivity index is 1.73. The van der Waals surface area contributed by atoms with Gasteiger partial charge in [0, 0.05) is 10.3 Å². The number of aliphatic hydroxyl groups excluding tert-OH is 1. The van der Waals surface area contributed by atoms with E-state index >= 15 is 0 Å². The third-order valence-electron chi connectivity index (χ3n) is 6.11. The van der Waals surface area contributed by atoms with E-state index in [9.17, 15) is 5.11 Å². The van der Waals surface area contributed by atoms with Crippen molar-refractivity contribution < 1.29 is 5.11 Å². The molecule has 1 aromatic rings. The van der Waals surface area contributed by atoms with Crippen LogP contribution in [0.4, 0.5) is 0 Å². The second-order valence-corrected chi connectivity index (χ2v) is 10.3. The van der Waals surface area contributed by atoms with E-state index in [4.69, 9.17) is 11.6 Å². The minimum atomic E-state index is -0.318. The topological polar surface area (TPSA) is 20.2 Å². The second-order valence-electron chi connectivity index (χ2n) is 8.54. The molecule has 5 rings (SSSR count). The molecular weight excluding hydrogens is 288 g/mol. The molecule has 0 aliphatic heterocycles. The second kappa shape index (κ2) is 4.02. The standard InChI is InChI=1S/C17H23ClOS/c1-15-5-11-6-16(2,8-15)10-17(7-11,9-15)14(19)12-3-4-13(18)20-12/h3-4,11,14,19H,5-10H2,1-2H3. The SMILES string of the molecule is CC12CC3CC(C)(C1)CC(C(O)c1ccc(Cl)s1)(C3)C2. The molecule has 0 spiro atoms. The zero-order chi connectivity index (χ0) is 14.2. The van der Waals surface area contributed by atoms with Crippen molar-refractivity contribution in [2.24, 2.45) is 22.2 Å². The lowest BCUT2D eigenvalue weighted by molar-refractivity contribution is -0.186. The molecule has 1 heterocycles. The molecule has 1 N–H and O–H groups in total. The van der Waals surface area contributed by atoms with E-state index in [1.54, 1.807) is 11.3 Å². The molecule has 0 amide bonds. The molecule has 4 bridgehead atoms. The summed E-state index contributed by atoms with van der Waals surface area (Å²) in [6.07, 6.45) is 7.41. The predicted octanol–water partition coefficient (Wildman–Crippen LogP) is 5.43. The normalized spacial score (nSPS) is 47.7. The molecule has 20 heavy (non-hydrogen) atoms. The van der Waals surface area contributed by atoms with Crippen molar-refractivity contribution in [2.75, 3.05) is 0 Å². The van der Waals surface area contributed by atoms with E-state index in [-0.39, 0.29) is 11.5 Å². The molecular formula is C17H23ClOS. The Morgan fingerprint density at radius 1 is 1.15 bits per heavy atom. The Bertz CT molecular complexity index is 533. The highest BCUT2D eigenvalue weighted by atomic mass is 35.5. The molecule has 0 radical (unpaired) electrons. The lowest BCUT2D eigenvalue weighted by Crippen LogP contribution is -2.56. The molecule has 4 saturated carbocycles. The average molecular weight is 311 g/mol. The minimum absolute atomic E-state index is 0.108. The fourth-order valence-corrected chi connectivity index (χ4v) is 7.81. The summed E-state index contributed by atoms with van der Waals surface area (Å²) in [6, 6.07) is 3.95. The zero-order valence-electron chi connectivity index (χ0n) is 12.3. The highest BCUT2D eigenvalue weighted by molar-refractivity contribution is 7.16. The largest absolute Gasteiger partial charge is 0.387 e. The Labute approximate surface area is 130 Å². The highest BCUT2D eigenvalue weighted by Crippen LogP contribution is 2.72. The molecule has 3 heteroatoms. The van der Waals surface area contributed by atoms with Gasteiger partial charge in [-0.3, -0.25) is 0 Å². The smallest absolute Gasteiger partial charge is 0.0938 e. The summed E-state index contributed by atoms with van der Waals surface area (Å²) in [4.78, 5) is 1.07. The van der Waals surface area contributed by atoms with Crippen LogP contribution in [0.15, 0.2) is 12.1 Å². The molecule has 4 fully saturated rings. The van der Waals surface area contributed by atoms with E-state index in [1.807, 2.05) is 12.1 Å². The maximum absolute atomic E-state index is 11.1. The minimum Gasteiger partial charge on any atom is -0.387 e. The van der Waals surface area contributed by atoms with Crippen molar-refractivity contribution in [1.82, 2.24) is 0 Å². The van der Waals surface area contributed by atoms with E-state index < -0.39 is 0 Å². The Kier molecular flexibility index (Phi) is 2.74. The summed E-state index contributed by atoms with van der Waals surface area (Å²) < 4.78 is 0.793. The first-order chi connectivity index (χ1) is 9.32. The van der Waals surface area contributed by atoms with Gasteiger partial charge < -0.3 is 5.11 Å². The van der Waals surface area contributed by atoms with Gasteiger partial charge in [-0.15, -0.1) is 11.3 Å². The van der Waals surface area contributed by atoms with Crippen molar-refractivity contribution in [3.63, 3.8) is 0 Å². The van der Waals surface area contributed by atoms with Gasteiger partial charge in [0.15, 0.2) is 0 Å². The number of hydrogen-bond donors (Lipinski definition) is 1. The number of hydrogen-bond acceptors (Lipinski definition) is 2. The molecule has 1 aromatic heterocycles. The Morgan fingerprint density at radius 2 is 1.80 bits per heavy atom. The Hall–Kier alpha value is -0.0500. The summed E-state index contributed by atoms with van der Waals surface area (Å²) in [6.45, 7) is 4.91. The van der Waals surface area contributed by atoms with Gasteiger partial charge in [-0.1, -0.05) is 25.4 Å². The third kappa shape index (κ3) is 1.91. The van der Waals surface area contributed by atoms with Gasteiger partial charge in [0.25, 0.3) is 0 Å². The quantitative estimate of drug-likeness (QED) is 0.772. The van der Waals surface area contributed by atoms with Gasteiger partial charge >= 0.3 is 0 Å². The molecule has 0 saturated heterocycles. The van der Waals surface area contributed by atoms with Crippen molar-refractivity contribution in [3.05, 3.63) is 21.3 Å². The van der Waals surface area contributed by atoms with Crippen LogP contribution in [0.25, 0.3) is 0 Å². The van der Waals surface area contributed by atoms with E-state index in [0.29, 0.717) is 10.8 Å². The first-order valence-electron chi connectivity index (χ1n) is 7.75. The zero-order valence-corrected chi connectivity index (χ0v) is 13.9. The molecule has 3 unspecified atom stereocenters. The van der Waals surface area contributed by atoms with Gasteiger partial charge in [0.1, 0.15) is 0 Å². The maximum atomic E-state index is 11.1. The van der Waals surface area contributed by atoms with Gasteiger partial charge in [0.05, 0.1) is 10.4 Å². The summed E-state index contributed by atoms with van der Waals surface area (Å²) in [7, 11) is 0. The van der Waals surface area contributed by atoms with Crippen LogP contribution in [0.5, 0.6) is 0 Å². The molecule has 4 aliphatic carbocycles. The number of thiophene rings is 1. The van der Waals surface area contributed by atoms with Crippen molar-refractivity contribution in [1.29, 1.82) is 0 Å². The number of aliphatic hydroxyl groups is 1. The van der Waals surface area contributed by atoms with Crippen molar-refractivity contribution >= 4 is 22.9 Å². The third-order valence-corrected chi connectivity index (χ3v) is 7.40. The molecule has 4 aliphatic rings. The fourth-order valence-electron chi connectivity index (χ4n) is 6.62. The lowest BCUT2D eigenvalue weighted by Gasteiger charge is -2.66. The Morgan fingerprint density at radius 3 is 2.30 bits per heavy atom. The lowest BCUT2D eigenvalue weighted by atomic mass is 9.39. The van der Waals surface area contributed by atoms with E-state index in [1.165, 1.54) is 38.5 Å². The summed E-state index contributed by atoms with van der Waals surface area (Å²) in [5.74, 6) is 0.825. The monoisotopic (exact) mass is 310 g/mol. The highest BCUT2D eigenvalue weighted by Gasteiger charge is 2.62. The van der Waals surface area contributed by atoms with Crippen LogP contribution >= 0.6 is 22.9 Å². The van der Waals surface area contributed by atoms with Crippen LogP contribution < -0.4 is 0 Å². The van der Waals surface area contributed by atoms with E-state index in [0.717, 1.165) is 15.1 Å². The van der Waals surface area contributed by atoms with E-state index in [2.05, 4.69) is 13.8 Å². The van der Waals surface area contributed by atoms with Gasteiger partial charge in [-0.25, -0.2) is 0 Å². The summed E-state index contributed by atoms with van der Waals surface area (Å²) in [5.41, 5.74) is 1.02. The van der Waals surface area contributed by atoms with Crippen LogP contribution in [0, 0.1) is 22.2 Å². The number of rotatable bonds is 2. The molecule has 1 nitrogen and oxygen atoms in total. The summed E-state index contributed by atoms with van der Waals surface area (Å²) in [5, 5.41) is 11.1.